The number of aryl methyl sites for hydroxylation is 2. The quantitative estimate of drug-likeness (QED) is 0.942. The van der Waals surface area contributed by atoms with E-state index in [-0.39, 0.29) is 17.2 Å². The zero-order valence-corrected chi connectivity index (χ0v) is 12.4. The molecule has 0 amide bonds. The van der Waals surface area contributed by atoms with Crippen molar-refractivity contribution in [3.8, 4) is 17.4 Å². The molecule has 1 aromatic heterocycles. The summed E-state index contributed by atoms with van der Waals surface area (Å²) in [5.41, 5.74) is 1.70. The van der Waals surface area contributed by atoms with Crippen LogP contribution in [0.4, 0.5) is 0 Å². The second-order valence-electron chi connectivity index (χ2n) is 4.04. The Labute approximate surface area is 118 Å². The Kier molecular flexibility index (Phi) is 3.90. The molecular weight excluding hydrogens is 312 g/mol. The van der Waals surface area contributed by atoms with Gasteiger partial charge in [0.25, 0.3) is 11.4 Å². The highest BCUT2D eigenvalue weighted by molar-refractivity contribution is 9.10. The van der Waals surface area contributed by atoms with Crippen molar-refractivity contribution in [3.05, 3.63) is 44.4 Å². The van der Waals surface area contributed by atoms with Crippen molar-refractivity contribution >= 4 is 15.9 Å². The SMILES string of the molecule is COc1c(Oc2cc(C)c(Br)c(C)c2)nc[nH]c1=O. The third-order valence-corrected chi connectivity index (χ3v) is 3.86. The number of nitrogens with one attached hydrogen (secondary N) is 1. The van der Waals surface area contributed by atoms with Gasteiger partial charge in [-0.05, 0) is 37.1 Å². The average Bonchev–Trinajstić information content (AvgIpc) is 2.36. The normalized spacial score (nSPS) is 10.3. The maximum absolute atomic E-state index is 11.5. The molecule has 1 heterocycles. The van der Waals surface area contributed by atoms with Crippen LogP contribution in [0.1, 0.15) is 11.1 Å². The molecule has 0 aliphatic rings. The minimum Gasteiger partial charge on any atom is -0.487 e. The van der Waals surface area contributed by atoms with Crippen molar-refractivity contribution in [3.63, 3.8) is 0 Å². The van der Waals surface area contributed by atoms with Gasteiger partial charge >= 0.3 is 0 Å². The Morgan fingerprint density at radius 3 is 2.47 bits per heavy atom. The number of hydrogen-bond donors (Lipinski definition) is 1. The second kappa shape index (κ2) is 5.44. The lowest BCUT2D eigenvalue weighted by molar-refractivity contribution is 0.363. The molecule has 0 aliphatic heterocycles. The van der Waals surface area contributed by atoms with Gasteiger partial charge in [-0.2, -0.15) is 0 Å². The number of benzene rings is 1. The van der Waals surface area contributed by atoms with E-state index in [1.807, 2.05) is 26.0 Å². The highest BCUT2D eigenvalue weighted by Gasteiger charge is 2.12. The van der Waals surface area contributed by atoms with E-state index in [0.717, 1.165) is 15.6 Å². The van der Waals surface area contributed by atoms with Crippen molar-refractivity contribution in [1.29, 1.82) is 0 Å². The van der Waals surface area contributed by atoms with Crippen molar-refractivity contribution < 1.29 is 9.47 Å². The molecule has 0 radical (unpaired) electrons. The lowest BCUT2D eigenvalue weighted by Crippen LogP contribution is -2.11. The maximum Gasteiger partial charge on any atom is 0.297 e. The Balaban J connectivity index is 2.42. The summed E-state index contributed by atoms with van der Waals surface area (Å²) < 4.78 is 11.6. The zero-order chi connectivity index (χ0) is 14.0. The van der Waals surface area contributed by atoms with Crippen molar-refractivity contribution in [1.82, 2.24) is 9.97 Å². The van der Waals surface area contributed by atoms with E-state index >= 15 is 0 Å². The molecule has 5 nitrogen and oxygen atoms in total. The molecule has 0 saturated heterocycles. The number of nitrogens with zero attached hydrogens (tertiary/aromatic N) is 1. The lowest BCUT2D eigenvalue weighted by atomic mass is 10.1. The summed E-state index contributed by atoms with van der Waals surface area (Å²) in [6, 6.07) is 3.72. The Bertz CT molecular complexity index is 644. The minimum absolute atomic E-state index is 0.0562. The molecule has 0 unspecified atom stereocenters. The molecule has 0 fully saturated rings. The van der Waals surface area contributed by atoms with Gasteiger partial charge in [-0.1, -0.05) is 15.9 Å². The fourth-order valence-electron chi connectivity index (χ4n) is 1.70. The number of halogens is 1. The number of rotatable bonds is 3. The van der Waals surface area contributed by atoms with E-state index in [0.29, 0.717) is 5.75 Å². The van der Waals surface area contributed by atoms with Gasteiger partial charge in [0.2, 0.25) is 5.75 Å². The van der Waals surface area contributed by atoms with Crippen molar-refractivity contribution in [2.24, 2.45) is 0 Å². The number of aromatic nitrogens is 2. The van der Waals surface area contributed by atoms with Crippen LogP contribution in [0.2, 0.25) is 0 Å². The van der Waals surface area contributed by atoms with Crippen LogP contribution >= 0.6 is 15.9 Å². The standard InChI is InChI=1S/C13H13BrN2O3/c1-7-4-9(5-8(2)10(7)14)19-13-11(18-3)12(17)15-6-16-13/h4-6H,1-3H3,(H,15,16,17). The van der Waals surface area contributed by atoms with Gasteiger partial charge in [-0.3, -0.25) is 4.79 Å². The first-order valence-electron chi connectivity index (χ1n) is 5.59. The van der Waals surface area contributed by atoms with Crippen LogP contribution < -0.4 is 15.0 Å². The number of methoxy groups -OCH3 is 1. The van der Waals surface area contributed by atoms with Gasteiger partial charge in [0.1, 0.15) is 5.75 Å². The summed E-state index contributed by atoms with van der Waals surface area (Å²) >= 11 is 3.49. The summed E-state index contributed by atoms with van der Waals surface area (Å²) in [5, 5.41) is 0. The van der Waals surface area contributed by atoms with Gasteiger partial charge in [-0.15, -0.1) is 0 Å². The first kappa shape index (κ1) is 13.6. The molecule has 2 aromatic rings. The van der Waals surface area contributed by atoms with Crippen LogP contribution in [-0.4, -0.2) is 17.1 Å². The van der Waals surface area contributed by atoms with E-state index in [1.165, 1.54) is 13.4 Å². The van der Waals surface area contributed by atoms with Crippen LogP contribution in [0.3, 0.4) is 0 Å². The summed E-state index contributed by atoms with van der Waals surface area (Å²) in [4.78, 5) is 17.9. The van der Waals surface area contributed by atoms with Crippen LogP contribution in [0.25, 0.3) is 0 Å². The van der Waals surface area contributed by atoms with E-state index in [1.54, 1.807) is 0 Å². The molecule has 0 bridgehead atoms. The van der Waals surface area contributed by atoms with Gasteiger partial charge in [0, 0.05) is 4.47 Å². The lowest BCUT2D eigenvalue weighted by Gasteiger charge is -2.10. The van der Waals surface area contributed by atoms with Gasteiger partial charge in [0.15, 0.2) is 0 Å². The number of hydrogen-bond acceptors (Lipinski definition) is 4. The Hall–Kier alpha value is -1.82. The number of aromatic amines is 1. The third kappa shape index (κ3) is 2.78. The molecule has 1 N–H and O–H groups in total. The Morgan fingerprint density at radius 2 is 1.89 bits per heavy atom. The molecule has 0 saturated carbocycles. The zero-order valence-electron chi connectivity index (χ0n) is 10.8. The molecule has 100 valence electrons. The van der Waals surface area contributed by atoms with Crippen molar-refractivity contribution in [2.45, 2.75) is 13.8 Å². The first-order valence-corrected chi connectivity index (χ1v) is 6.38. The minimum atomic E-state index is -0.377. The number of ether oxygens (including phenoxy) is 2. The summed E-state index contributed by atoms with van der Waals surface area (Å²) in [6.07, 6.45) is 1.28. The molecule has 19 heavy (non-hydrogen) atoms. The van der Waals surface area contributed by atoms with E-state index in [2.05, 4.69) is 25.9 Å². The second-order valence-corrected chi connectivity index (χ2v) is 4.84. The van der Waals surface area contributed by atoms with Crippen LogP contribution in [0.15, 0.2) is 27.7 Å². The Morgan fingerprint density at radius 1 is 1.26 bits per heavy atom. The topological polar surface area (TPSA) is 64.2 Å². The van der Waals surface area contributed by atoms with E-state index in [4.69, 9.17) is 9.47 Å². The molecule has 6 heteroatoms. The predicted molar refractivity (Wildman–Crippen MR) is 75.1 cm³/mol. The fourth-order valence-corrected chi connectivity index (χ4v) is 1.93. The van der Waals surface area contributed by atoms with E-state index in [9.17, 15) is 4.79 Å². The molecule has 1 aromatic carbocycles. The maximum atomic E-state index is 11.5. The molecule has 0 aliphatic carbocycles. The molecule has 2 rings (SSSR count). The summed E-state index contributed by atoms with van der Waals surface area (Å²) in [6.45, 7) is 3.93. The van der Waals surface area contributed by atoms with Crippen LogP contribution in [-0.2, 0) is 0 Å². The fraction of sp³-hybridized carbons (Fsp3) is 0.231. The molecular formula is C13H13BrN2O3. The smallest absolute Gasteiger partial charge is 0.297 e. The number of H-pyrrole nitrogens is 1. The van der Waals surface area contributed by atoms with Crippen molar-refractivity contribution in [2.75, 3.05) is 7.11 Å². The summed E-state index contributed by atoms with van der Waals surface area (Å²) in [7, 11) is 1.40. The van der Waals surface area contributed by atoms with Crippen LogP contribution in [0.5, 0.6) is 17.4 Å². The average molecular weight is 325 g/mol. The van der Waals surface area contributed by atoms with Crippen LogP contribution in [0, 0.1) is 13.8 Å². The molecule has 0 atom stereocenters. The largest absolute Gasteiger partial charge is 0.487 e. The highest BCUT2D eigenvalue weighted by atomic mass is 79.9. The third-order valence-electron chi connectivity index (χ3n) is 2.61. The van der Waals surface area contributed by atoms with E-state index < -0.39 is 0 Å². The molecule has 0 spiro atoms. The van der Waals surface area contributed by atoms with Gasteiger partial charge < -0.3 is 14.5 Å². The predicted octanol–water partition coefficient (Wildman–Crippen LogP) is 2.95. The highest BCUT2D eigenvalue weighted by Crippen LogP contribution is 2.30. The van der Waals surface area contributed by atoms with Gasteiger partial charge in [-0.25, -0.2) is 4.98 Å². The van der Waals surface area contributed by atoms with Gasteiger partial charge in [0.05, 0.1) is 13.4 Å². The first-order chi connectivity index (χ1) is 9.02. The summed E-state index contributed by atoms with van der Waals surface area (Å²) in [5.74, 6) is 0.808. The monoisotopic (exact) mass is 324 g/mol.